The summed E-state index contributed by atoms with van der Waals surface area (Å²) in [5, 5.41) is 19.1. The summed E-state index contributed by atoms with van der Waals surface area (Å²) in [7, 11) is 0. The second kappa shape index (κ2) is 4.25. The maximum atomic E-state index is 11.1. The first kappa shape index (κ1) is 12.3. The van der Waals surface area contributed by atoms with Gasteiger partial charge >= 0.3 is 5.97 Å². The lowest BCUT2D eigenvalue weighted by molar-refractivity contribution is -0.138. The molecule has 0 aromatic carbocycles. The summed E-state index contributed by atoms with van der Waals surface area (Å²) in [6.07, 6.45) is 1.60. The van der Waals surface area contributed by atoms with Gasteiger partial charge in [-0.25, -0.2) is 4.79 Å². The van der Waals surface area contributed by atoms with E-state index in [0.29, 0.717) is 6.42 Å². The Hall–Kier alpha value is -1.17. The molecule has 1 unspecified atom stereocenters. The Balaban J connectivity index is 2.23. The van der Waals surface area contributed by atoms with Gasteiger partial charge in [-0.1, -0.05) is 32.1 Å². The molecule has 0 bridgehead atoms. The predicted molar refractivity (Wildman–Crippen MR) is 66.6 cm³/mol. The highest BCUT2D eigenvalue weighted by atomic mass is 32.1. The zero-order chi connectivity index (χ0) is 12.6. The van der Waals surface area contributed by atoms with Crippen LogP contribution < -0.4 is 4.90 Å². The number of carboxylic acid groups (broad SMARTS) is 1. The third-order valence-electron chi connectivity index (χ3n) is 2.84. The quantitative estimate of drug-likeness (QED) is 0.874. The zero-order valence-corrected chi connectivity index (χ0v) is 11.1. The fourth-order valence-electron chi connectivity index (χ4n) is 1.89. The van der Waals surface area contributed by atoms with Crippen molar-refractivity contribution < 1.29 is 9.90 Å². The van der Waals surface area contributed by atoms with Crippen molar-refractivity contribution in [1.82, 2.24) is 10.2 Å². The van der Waals surface area contributed by atoms with Crippen LogP contribution in [0.3, 0.4) is 0 Å². The summed E-state index contributed by atoms with van der Waals surface area (Å²) in [6, 6.07) is -0.434. The van der Waals surface area contributed by atoms with E-state index < -0.39 is 12.0 Å². The number of nitrogens with zero attached hydrogens (tertiary/aromatic N) is 3. The largest absolute Gasteiger partial charge is 0.480 e. The molecule has 1 fully saturated rings. The van der Waals surface area contributed by atoms with E-state index in [1.165, 1.54) is 11.3 Å². The average molecular weight is 255 g/mol. The van der Waals surface area contributed by atoms with E-state index in [4.69, 9.17) is 5.11 Å². The van der Waals surface area contributed by atoms with Crippen LogP contribution in [0.25, 0.3) is 0 Å². The van der Waals surface area contributed by atoms with E-state index in [-0.39, 0.29) is 5.41 Å². The average Bonchev–Trinajstić information content (AvgIpc) is 2.85. The maximum absolute atomic E-state index is 11.1. The minimum atomic E-state index is -0.769. The smallest absolute Gasteiger partial charge is 0.326 e. The van der Waals surface area contributed by atoms with Gasteiger partial charge in [-0.2, -0.15) is 0 Å². The summed E-state index contributed by atoms with van der Waals surface area (Å²) in [5.41, 5.74) is -0.0334. The monoisotopic (exact) mass is 255 g/mol. The molecule has 0 aliphatic carbocycles. The third kappa shape index (κ3) is 2.41. The highest BCUT2D eigenvalue weighted by Gasteiger charge is 2.33. The van der Waals surface area contributed by atoms with E-state index in [0.717, 1.165) is 23.1 Å². The highest BCUT2D eigenvalue weighted by Crippen LogP contribution is 2.33. The van der Waals surface area contributed by atoms with Gasteiger partial charge in [0.2, 0.25) is 5.13 Å². The van der Waals surface area contributed by atoms with Crippen molar-refractivity contribution in [1.29, 1.82) is 0 Å². The van der Waals surface area contributed by atoms with Crippen molar-refractivity contribution in [3.8, 4) is 0 Å². The number of anilines is 1. The molecule has 0 saturated carbocycles. The van der Waals surface area contributed by atoms with E-state index in [1.807, 2.05) is 4.90 Å². The first-order chi connectivity index (χ1) is 7.89. The van der Waals surface area contributed by atoms with Gasteiger partial charge in [0.15, 0.2) is 0 Å². The summed E-state index contributed by atoms with van der Waals surface area (Å²) in [4.78, 5) is 13.0. The lowest BCUT2D eigenvalue weighted by Crippen LogP contribution is -2.35. The molecule has 0 radical (unpaired) electrons. The SMILES string of the molecule is CC(C)(C)c1nnc(N2CCCC2C(=O)O)s1. The highest BCUT2D eigenvalue weighted by molar-refractivity contribution is 7.15. The minimum absolute atomic E-state index is 0.0334. The van der Waals surface area contributed by atoms with Crippen molar-refractivity contribution in [2.45, 2.75) is 45.1 Å². The number of aromatic nitrogens is 2. The van der Waals surface area contributed by atoms with Crippen LogP contribution in [-0.4, -0.2) is 33.9 Å². The van der Waals surface area contributed by atoms with Crippen LogP contribution in [0.15, 0.2) is 0 Å². The number of rotatable bonds is 2. The Morgan fingerprint density at radius 2 is 2.18 bits per heavy atom. The third-order valence-corrected chi connectivity index (χ3v) is 4.23. The molecule has 94 valence electrons. The molecule has 1 atom stereocenters. The normalized spacial score (nSPS) is 20.9. The van der Waals surface area contributed by atoms with E-state index in [1.54, 1.807) is 0 Å². The van der Waals surface area contributed by atoms with E-state index >= 15 is 0 Å². The molecule has 0 amide bonds. The summed E-state index contributed by atoms with van der Waals surface area (Å²) < 4.78 is 0. The van der Waals surface area contributed by atoms with Crippen molar-refractivity contribution in [2.24, 2.45) is 0 Å². The molecule has 1 saturated heterocycles. The number of carboxylic acids is 1. The number of carbonyl (C=O) groups is 1. The molecule has 1 aromatic rings. The summed E-state index contributed by atoms with van der Waals surface area (Å²) >= 11 is 1.50. The fourth-order valence-corrected chi connectivity index (χ4v) is 2.87. The molecule has 1 aliphatic rings. The van der Waals surface area contributed by atoms with Gasteiger partial charge in [0.25, 0.3) is 0 Å². The number of hydrogen-bond acceptors (Lipinski definition) is 5. The van der Waals surface area contributed by atoms with Crippen LogP contribution in [0.2, 0.25) is 0 Å². The molecule has 1 aliphatic heterocycles. The molecule has 6 heteroatoms. The molecule has 1 N–H and O–H groups in total. The van der Waals surface area contributed by atoms with E-state index in [2.05, 4.69) is 31.0 Å². The Labute approximate surface area is 104 Å². The molecule has 0 spiro atoms. The second-order valence-corrected chi connectivity index (χ2v) is 6.29. The van der Waals surface area contributed by atoms with Crippen LogP contribution in [0.1, 0.15) is 38.6 Å². The molecule has 2 heterocycles. The van der Waals surface area contributed by atoms with Crippen molar-refractivity contribution >= 4 is 22.4 Å². The zero-order valence-electron chi connectivity index (χ0n) is 10.3. The van der Waals surface area contributed by atoms with Crippen LogP contribution in [0, 0.1) is 0 Å². The van der Waals surface area contributed by atoms with Gasteiger partial charge in [-0.15, -0.1) is 10.2 Å². The van der Waals surface area contributed by atoms with Gasteiger partial charge in [0.05, 0.1) is 0 Å². The number of hydrogen-bond donors (Lipinski definition) is 1. The first-order valence-electron chi connectivity index (χ1n) is 5.73. The van der Waals surface area contributed by atoms with Crippen LogP contribution >= 0.6 is 11.3 Å². The maximum Gasteiger partial charge on any atom is 0.326 e. The molecule has 1 aromatic heterocycles. The van der Waals surface area contributed by atoms with Crippen molar-refractivity contribution in [3.05, 3.63) is 5.01 Å². The molecule has 5 nitrogen and oxygen atoms in total. The fraction of sp³-hybridized carbons (Fsp3) is 0.727. The Morgan fingerprint density at radius 3 is 2.71 bits per heavy atom. The topological polar surface area (TPSA) is 66.3 Å². The Morgan fingerprint density at radius 1 is 1.47 bits per heavy atom. The molecular weight excluding hydrogens is 238 g/mol. The van der Waals surface area contributed by atoms with Gasteiger partial charge < -0.3 is 10.0 Å². The Kier molecular flexibility index (Phi) is 3.07. The molecule has 2 rings (SSSR count). The predicted octanol–water partition coefficient (Wildman–Crippen LogP) is 1.89. The van der Waals surface area contributed by atoms with E-state index in [9.17, 15) is 4.79 Å². The second-order valence-electron chi connectivity index (χ2n) is 5.33. The summed E-state index contributed by atoms with van der Waals surface area (Å²) in [6.45, 7) is 7.00. The molecular formula is C11H17N3O2S. The standard InChI is InChI=1S/C11H17N3O2S/c1-11(2,3)9-12-13-10(17-9)14-6-4-5-7(14)8(15)16/h7H,4-6H2,1-3H3,(H,15,16). The van der Waals surface area contributed by atoms with Crippen LogP contribution in [0.5, 0.6) is 0 Å². The lowest BCUT2D eigenvalue weighted by atomic mass is 9.98. The van der Waals surface area contributed by atoms with Gasteiger partial charge in [-0.05, 0) is 12.8 Å². The van der Waals surface area contributed by atoms with Crippen molar-refractivity contribution in [2.75, 3.05) is 11.4 Å². The van der Waals surface area contributed by atoms with Crippen LogP contribution in [-0.2, 0) is 10.2 Å². The number of aliphatic carboxylic acids is 1. The lowest BCUT2D eigenvalue weighted by Gasteiger charge is -2.19. The van der Waals surface area contributed by atoms with Crippen molar-refractivity contribution in [3.63, 3.8) is 0 Å². The molecule has 17 heavy (non-hydrogen) atoms. The van der Waals surface area contributed by atoms with Gasteiger partial charge in [0.1, 0.15) is 11.0 Å². The first-order valence-corrected chi connectivity index (χ1v) is 6.54. The van der Waals surface area contributed by atoms with Crippen LogP contribution in [0.4, 0.5) is 5.13 Å². The Bertz CT molecular complexity index is 425. The minimum Gasteiger partial charge on any atom is -0.480 e. The summed E-state index contributed by atoms with van der Waals surface area (Å²) in [5.74, 6) is -0.769. The van der Waals surface area contributed by atoms with Gasteiger partial charge in [-0.3, -0.25) is 0 Å². The van der Waals surface area contributed by atoms with Gasteiger partial charge in [0, 0.05) is 12.0 Å².